The molecular weight excluding hydrogens is 214 g/mol. The standard InChI is InChI=1S/C9H9N3O4/c1-14-9(13)7-8(6-4-3-5-16-6)12(15-2)11-10-7/h3-5H,1-2H3. The molecule has 7 heteroatoms. The first kappa shape index (κ1) is 10.2. The van der Waals surface area contributed by atoms with Crippen molar-refractivity contribution in [3.63, 3.8) is 0 Å². The van der Waals surface area contributed by atoms with E-state index in [0.29, 0.717) is 11.5 Å². The SMILES string of the molecule is COC(=O)c1nnn(OC)c1-c1ccco1. The van der Waals surface area contributed by atoms with E-state index in [4.69, 9.17) is 9.25 Å². The second kappa shape index (κ2) is 4.05. The molecule has 0 saturated carbocycles. The van der Waals surface area contributed by atoms with E-state index in [1.165, 1.54) is 20.5 Å². The van der Waals surface area contributed by atoms with Gasteiger partial charge in [-0.1, -0.05) is 4.85 Å². The number of esters is 1. The molecule has 0 fully saturated rings. The van der Waals surface area contributed by atoms with Gasteiger partial charge in [0.1, 0.15) is 7.11 Å². The molecular formula is C9H9N3O4. The molecule has 0 atom stereocenters. The number of carbonyl (C=O) groups excluding carboxylic acids is 1. The highest BCUT2D eigenvalue weighted by molar-refractivity contribution is 5.93. The maximum Gasteiger partial charge on any atom is 0.361 e. The Kier molecular flexibility index (Phi) is 2.59. The topological polar surface area (TPSA) is 79.4 Å². The number of furan rings is 1. The fourth-order valence-corrected chi connectivity index (χ4v) is 1.25. The Morgan fingerprint density at radius 1 is 1.50 bits per heavy atom. The van der Waals surface area contributed by atoms with Crippen LogP contribution in [-0.2, 0) is 4.74 Å². The summed E-state index contributed by atoms with van der Waals surface area (Å²) in [6.45, 7) is 0. The summed E-state index contributed by atoms with van der Waals surface area (Å²) in [4.78, 5) is 17.4. The first-order chi connectivity index (χ1) is 7.77. The van der Waals surface area contributed by atoms with Crippen molar-refractivity contribution >= 4 is 5.97 Å². The highest BCUT2D eigenvalue weighted by Gasteiger charge is 2.24. The monoisotopic (exact) mass is 223 g/mol. The fraction of sp³-hybridized carbons (Fsp3) is 0.222. The molecule has 7 nitrogen and oxygen atoms in total. The molecule has 16 heavy (non-hydrogen) atoms. The summed E-state index contributed by atoms with van der Waals surface area (Å²) in [5.41, 5.74) is 0.360. The van der Waals surface area contributed by atoms with Crippen molar-refractivity contribution in [1.82, 2.24) is 15.2 Å². The van der Waals surface area contributed by atoms with Gasteiger partial charge in [0.15, 0.2) is 11.5 Å². The summed E-state index contributed by atoms with van der Waals surface area (Å²) in [5.74, 6) is -0.179. The van der Waals surface area contributed by atoms with Crippen LogP contribution < -0.4 is 4.84 Å². The van der Waals surface area contributed by atoms with Crippen LogP contribution in [0.3, 0.4) is 0 Å². The van der Waals surface area contributed by atoms with Crippen LogP contribution in [0.1, 0.15) is 10.5 Å². The molecule has 0 unspecified atom stereocenters. The first-order valence-corrected chi connectivity index (χ1v) is 4.40. The third-order valence-electron chi connectivity index (χ3n) is 1.95. The van der Waals surface area contributed by atoms with Crippen LogP contribution in [0.25, 0.3) is 11.5 Å². The van der Waals surface area contributed by atoms with Crippen LogP contribution in [0.4, 0.5) is 0 Å². The molecule has 2 aromatic rings. The Hall–Kier alpha value is -2.31. The number of carbonyl (C=O) groups is 1. The first-order valence-electron chi connectivity index (χ1n) is 4.40. The second-order valence-electron chi connectivity index (χ2n) is 2.81. The normalized spacial score (nSPS) is 10.1. The Morgan fingerprint density at radius 2 is 2.31 bits per heavy atom. The molecule has 0 aliphatic rings. The number of rotatable bonds is 3. The van der Waals surface area contributed by atoms with E-state index < -0.39 is 5.97 Å². The zero-order chi connectivity index (χ0) is 11.5. The number of ether oxygens (including phenoxy) is 1. The van der Waals surface area contributed by atoms with Gasteiger partial charge in [-0.05, 0) is 17.3 Å². The molecule has 0 aromatic carbocycles. The summed E-state index contributed by atoms with van der Waals surface area (Å²) >= 11 is 0. The minimum atomic E-state index is -0.602. The van der Waals surface area contributed by atoms with Crippen LogP contribution in [0.2, 0.25) is 0 Å². The Balaban J connectivity index is 2.56. The molecule has 0 aliphatic heterocycles. The second-order valence-corrected chi connectivity index (χ2v) is 2.81. The largest absolute Gasteiger partial charge is 0.464 e. The molecule has 0 bridgehead atoms. The molecule has 2 heterocycles. The van der Waals surface area contributed by atoms with Gasteiger partial charge >= 0.3 is 5.97 Å². The van der Waals surface area contributed by atoms with E-state index in [0.717, 1.165) is 4.85 Å². The zero-order valence-electron chi connectivity index (χ0n) is 8.71. The van der Waals surface area contributed by atoms with E-state index in [2.05, 4.69) is 15.0 Å². The van der Waals surface area contributed by atoms with Crippen molar-refractivity contribution < 1.29 is 18.8 Å². The lowest BCUT2D eigenvalue weighted by Crippen LogP contribution is -2.10. The smallest absolute Gasteiger partial charge is 0.361 e. The predicted octanol–water partition coefficient (Wildman–Crippen LogP) is 0.383. The van der Waals surface area contributed by atoms with Gasteiger partial charge in [0.05, 0.1) is 13.4 Å². The fourth-order valence-electron chi connectivity index (χ4n) is 1.25. The number of methoxy groups -OCH3 is 1. The maximum absolute atomic E-state index is 11.4. The maximum atomic E-state index is 11.4. The number of hydrogen-bond acceptors (Lipinski definition) is 6. The summed E-state index contributed by atoms with van der Waals surface area (Å²) in [6.07, 6.45) is 1.48. The third-order valence-corrected chi connectivity index (χ3v) is 1.95. The van der Waals surface area contributed by atoms with Crippen molar-refractivity contribution in [1.29, 1.82) is 0 Å². The van der Waals surface area contributed by atoms with Crippen molar-refractivity contribution in [2.75, 3.05) is 14.2 Å². The van der Waals surface area contributed by atoms with Gasteiger partial charge in [-0.3, -0.25) is 0 Å². The lowest BCUT2D eigenvalue weighted by atomic mass is 10.2. The van der Waals surface area contributed by atoms with Crippen molar-refractivity contribution in [3.05, 3.63) is 24.1 Å². The number of aromatic nitrogens is 3. The third kappa shape index (κ3) is 1.52. The van der Waals surface area contributed by atoms with Gasteiger partial charge in [-0.15, -0.1) is 5.10 Å². The summed E-state index contributed by atoms with van der Waals surface area (Å²) in [7, 11) is 2.67. The van der Waals surface area contributed by atoms with Crippen LogP contribution in [0.15, 0.2) is 22.8 Å². The molecule has 2 rings (SSSR count). The van der Waals surface area contributed by atoms with Crippen molar-refractivity contribution in [2.45, 2.75) is 0 Å². The van der Waals surface area contributed by atoms with E-state index in [9.17, 15) is 4.79 Å². The van der Waals surface area contributed by atoms with Crippen LogP contribution >= 0.6 is 0 Å². The van der Waals surface area contributed by atoms with Gasteiger partial charge in [0.25, 0.3) is 0 Å². The molecule has 0 aliphatic carbocycles. The van der Waals surface area contributed by atoms with E-state index in [1.54, 1.807) is 12.1 Å². The van der Waals surface area contributed by atoms with Crippen LogP contribution in [0, 0.1) is 0 Å². The average Bonchev–Trinajstić information content (AvgIpc) is 2.95. The van der Waals surface area contributed by atoms with Crippen molar-refractivity contribution in [3.8, 4) is 11.5 Å². The minimum absolute atomic E-state index is 0.0410. The van der Waals surface area contributed by atoms with E-state index in [-0.39, 0.29) is 5.69 Å². The van der Waals surface area contributed by atoms with Gasteiger partial charge < -0.3 is 14.0 Å². The lowest BCUT2D eigenvalue weighted by Gasteiger charge is -2.01. The highest BCUT2D eigenvalue weighted by Crippen LogP contribution is 2.22. The van der Waals surface area contributed by atoms with Gasteiger partial charge in [0, 0.05) is 0 Å². The Morgan fingerprint density at radius 3 is 2.88 bits per heavy atom. The minimum Gasteiger partial charge on any atom is -0.464 e. The highest BCUT2D eigenvalue weighted by atomic mass is 16.7. The van der Waals surface area contributed by atoms with Crippen LogP contribution in [0.5, 0.6) is 0 Å². The Labute approximate surface area is 90.5 Å². The van der Waals surface area contributed by atoms with Gasteiger partial charge in [0.2, 0.25) is 5.69 Å². The molecule has 0 N–H and O–H groups in total. The Bertz CT molecular complexity index is 489. The zero-order valence-corrected chi connectivity index (χ0v) is 8.71. The molecule has 0 amide bonds. The van der Waals surface area contributed by atoms with E-state index in [1.807, 2.05) is 0 Å². The molecule has 0 spiro atoms. The van der Waals surface area contributed by atoms with Gasteiger partial charge in [-0.2, -0.15) is 0 Å². The summed E-state index contributed by atoms with van der Waals surface area (Å²) in [6, 6.07) is 3.35. The summed E-state index contributed by atoms with van der Waals surface area (Å²) in [5, 5.41) is 7.31. The predicted molar refractivity (Wildman–Crippen MR) is 51.6 cm³/mol. The van der Waals surface area contributed by atoms with Gasteiger partial charge in [-0.25, -0.2) is 4.79 Å². The average molecular weight is 223 g/mol. The summed E-state index contributed by atoms with van der Waals surface area (Å²) < 4.78 is 9.75. The number of hydrogen-bond donors (Lipinski definition) is 0. The molecule has 84 valence electrons. The van der Waals surface area contributed by atoms with Crippen molar-refractivity contribution in [2.24, 2.45) is 0 Å². The quantitative estimate of drug-likeness (QED) is 0.700. The molecule has 2 aromatic heterocycles. The van der Waals surface area contributed by atoms with E-state index >= 15 is 0 Å². The lowest BCUT2D eigenvalue weighted by molar-refractivity contribution is 0.0594. The molecule has 0 saturated heterocycles. The number of nitrogens with zero attached hydrogens (tertiary/aromatic N) is 3. The van der Waals surface area contributed by atoms with Crippen LogP contribution in [-0.4, -0.2) is 35.3 Å². The molecule has 0 radical (unpaired) electrons.